The SMILES string of the molecule is CC(Cl)(Cl)O[Si](OC(C)(Cl)Cl)OC(C)(Cl)Cl. The van der Waals surface area contributed by atoms with Gasteiger partial charge in [0.2, 0.25) is 13.6 Å². The number of alkyl halides is 6. The molecule has 0 unspecified atom stereocenters. The van der Waals surface area contributed by atoms with Gasteiger partial charge >= 0.3 is 9.53 Å². The summed E-state index contributed by atoms with van der Waals surface area (Å²) in [6, 6.07) is 0. The van der Waals surface area contributed by atoms with Crippen LogP contribution in [0.4, 0.5) is 0 Å². The molecule has 0 saturated heterocycles. The summed E-state index contributed by atoms with van der Waals surface area (Å²) in [5.41, 5.74) is 0. The van der Waals surface area contributed by atoms with Crippen LogP contribution < -0.4 is 0 Å². The van der Waals surface area contributed by atoms with E-state index in [0.29, 0.717) is 0 Å². The molecule has 0 aliphatic rings. The van der Waals surface area contributed by atoms with E-state index in [4.69, 9.17) is 82.9 Å². The number of rotatable bonds is 6. The van der Waals surface area contributed by atoms with Gasteiger partial charge in [0.25, 0.3) is 0 Å². The minimum Gasteiger partial charge on any atom is -0.338 e. The van der Waals surface area contributed by atoms with Gasteiger partial charge in [-0.1, -0.05) is 69.6 Å². The predicted molar refractivity (Wildman–Crippen MR) is 69.3 cm³/mol. The Balaban J connectivity index is 4.53. The molecule has 0 saturated carbocycles. The van der Waals surface area contributed by atoms with Gasteiger partial charge in [0.05, 0.1) is 0 Å². The van der Waals surface area contributed by atoms with E-state index in [1.807, 2.05) is 0 Å². The largest absolute Gasteiger partial charge is 0.584 e. The lowest BCUT2D eigenvalue weighted by atomic mass is 10.9. The standard InChI is InChI=1S/C6H9Cl6O3Si/c1-4(7,8)13-16(14-5(2,9)10)15-6(3,11)12/h1-3H3. The molecule has 0 aromatic rings. The first kappa shape index (κ1) is 17.8. The van der Waals surface area contributed by atoms with Crippen LogP contribution in [-0.4, -0.2) is 23.1 Å². The minimum atomic E-state index is -2.51. The van der Waals surface area contributed by atoms with Crippen molar-refractivity contribution in [2.45, 2.75) is 34.3 Å². The van der Waals surface area contributed by atoms with Gasteiger partial charge in [0.1, 0.15) is 0 Å². The number of hydrogen-bond donors (Lipinski definition) is 0. The second kappa shape index (κ2) is 6.33. The molecular weight excluding hydrogens is 361 g/mol. The molecule has 0 amide bonds. The molecule has 0 aliphatic heterocycles. The average Bonchev–Trinajstić information content (AvgIpc) is 1.70. The third kappa shape index (κ3) is 12.3. The van der Waals surface area contributed by atoms with E-state index in [1.54, 1.807) is 0 Å². The van der Waals surface area contributed by atoms with Crippen molar-refractivity contribution in [1.82, 2.24) is 0 Å². The molecule has 0 atom stereocenters. The molecule has 1 radical (unpaired) electrons. The Morgan fingerprint density at radius 2 is 0.812 bits per heavy atom. The maximum atomic E-state index is 5.62. The van der Waals surface area contributed by atoms with Gasteiger partial charge in [-0.15, -0.1) is 0 Å². The molecule has 10 heteroatoms. The number of halogens is 6. The van der Waals surface area contributed by atoms with Gasteiger partial charge in [-0.25, -0.2) is 0 Å². The molecule has 0 fully saturated rings. The molecule has 0 spiro atoms. The summed E-state index contributed by atoms with van der Waals surface area (Å²) in [6.07, 6.45) is 0. The van der Waals surface area contributed by atoms with Crippen LogP contribution in [0.5, 0.6) is 0 Å². The Morgan fingerprint density at radius 1 is 0.625 bits per heavy atom. The van der Waals surface area contributed by atoms with E-state index >= 15 is 0 Å². The second-order valence-corrected chi connectivity index (χ2v) is 9.00. The third-order valence-electron chi connectivity index (χ3n) is 0.788. The topological polar surface area (TPSA) is 27.7 Å². The molecule has 0 N–H and O–H groups in total. The van der Waals surface area contributed by atoms with Gasteiger partial charge in [-0.05, 0) is 20.8 Å². The van der Waals surface area contributed by atoms with Crippen LogP contribution in [0.15, 0.2) is 0 Å². The molecule has 97 valence electrons. The lowest BCUT2D eigenvalue weighted by molar-refractivity contribution is 0.0451. The first-order chi connectivity index (χ1) is 6.79. The molecule has 0 rings (SSSR count). The van der Waals surface area contributed by atoms with Gasteiger partial charge in [-0.2, -0.15) is 0 Å². The van der Waals surface area contributed by atoms with Crippen molar-refractivity contribution >= 4 is 79.1 Å². The molecular formula is C6H9Cl6O3Si. The van der Waals surface area contributed by atoms with Gasteiger partial charge < -0.3 is 13.3 Å². The monoisotopic (exact) mass is 367 g/mol. The van der Waals surface area contributed by atoms with Crippen molar-refractivity contribution in [2.24, 2.45) is 0 Å². The summed E-state index contributed by atoms with van der Waals surface area (Å²) in [5.74, 6) is 0. The van der Waals surface area contributed by atoms with Gasteiger partial charge in [-0.3, -0.25) is 0 Å². The van der Waals surface area contributed by atoms with Crippen LogP contribution in [0.25, 0.3) is 0 Å². The van der Waals surface area contributed by atoms with E-state index in [-0.39, 0.29) is 0 Å². The van der Waals surface area contributed by atoms with E-state index in [2.05, 4.69) is 0 Å². The van der Waals surface area contributed by atoms with E-state index < -0.39 is 23.1 Å². The fourth-order valence-corrected chi connectivity index (χ4v) is 2.64. The lowest BCUT2D eigenvalue weighted by Gasteiger charge is -2.27. The molecule has 0 aliphatic carbocycles. The first-order valence-corrected chi connectivity index (χ1v) is 7.35. The van der Waals surface area contributed by atoms with Crippen molar-refractivity contribution in [3.05, 3.63) is 0 Å². The summed E-state index contributed by atoms with van der Waals surface area (Å²) >= 11 is 33.7. The van der Waals surface area contributed by atoms with Gasteiger partial charge in [0, 0.05) is 0 Å². The van der Waals surface area contributed by atoms with Crippen LogP contribution >= 0.6 is 69.6 Å². The Hall–Kier alpha value is 1.84. The second-order valence-electron chi connectivity index (χ2n) is 2.98. The van der Waals surface area contributed by atoms with Crippen LogP contribution in [0.1, 0.15) is 20.8 Å². The number of hydrogen-bond acceptors (Lipinski definition) is 3. The van der Waals surface area contributed by atoms with Crippen LogP contribution in [0.3, 0.4) is 0 Å². The Morgan fingerprint density at radius 3 is 0.938 bits per heavy atom. The van der Waals surface area contributed by atoms with E-state index in [0.717, 1.165) is 0 Å². The highest BCUT2D eigenvalue weighted by atomic mass is 35.5. The van der Waals surface area contributed by atoms with Crippen molar-refractivity contribution < 1.29 is 13.3 Å². The van der Waals surface area contributed by atoms with E-state index in [9.17, 15) is 0 Å². The smallest absolute Gasteiger partial charge is 0.338 e. The highest BCUT2D eigenvalue weighted by Crippen LogP contribution is 2.31. The van der Waals surface area contributed by atoms with Gasteiger partial charge in [0.15, 0.2) is 0 Å². The quantitative estimate of drug-likeness (QED) is 0.510. The molecule has 16 heavy (non-hydrogen) atoms. The third-order valence-corrected chi connectivity index (χ3v) is 3.75. The normalized spacial score (nSPS) is 14.6. The zero-order valence-electron chi connectivity index (χ0n) is 8.49. The summed E-state index contributed by atoms with van der Waals surface area (Å²) in [5, 5.41) is 0. The van der Waals surface area contributed by atoms with Crippen molar-refractivity contribution in [3.63, 3.8) is 0 Å². The Kier molecular flexibility index (Phi) is 7.05. The first-order valence-electron chi connectivity index (χ1n) is 3.86. The van der Waals surface area contributed by atoms with Crippen molar-refractivity contribution in [2.75, 3.05) is 0 Å². The van der Waals surface area contributed by atoms with Crippen LogP contribution in [-0.2, 0) is 13.3 Å². The van der Waals surface area contributed by atoms with E-state index in [1.165, 1.54) is 20.8 Å². The fraction of sp³-hybridized carbons (Fsp3) is 1.00. The maximum Gasteiger partial charge on any atom is 0.584 e. The maximum absolute atomic E-state index is 5.62. The van der Waals surface area contributed by atoms with Crippen molar-refractivity contribution in [3.8, 4) is 0 Å². The zero-order chi connectivity index (χ0) is 13.2. The molecule has 3 nitrogen and oxygen atoms in total. The average molecular weight is 370 g/mol. The molecule has 0 aromatic heterocycles. The molecule has 0 bridgehead atoms. The van der Waals surface area contributed by atoms with Crippen molar-refractivity contribution in [1.29, 1.82) is 0 Å². The molecule has 0 aromatic carbocycles. The summed E-state index contributed by atoms with van der Waals surface area (Å²) in [6.45, 7) is 4.10. The summed E-state index contributed by atoms with van der Waals surface area (Å²) in [7, 11) is -2.51. The minimum absolute atomic E-state index is 1.37. The highest BCUT2D eigenvalue weighted by molar-refractivity contribution is 6.54. The highest BCUT2D eigenvalue weighted by Gasteiger charge is 2.39. The lowest BCUT2D eigenvalue weighted by Crippen LogP contribution is -2.41. The summed E-state index contributed by atoms with van der Waals surface area (Å²) < 4.78 is 10.5. The molecule has 0 heterocycles. The van der Waals surface area contributed by atoms with Crippen LogP contribution in [0.2, 0.25) is 0 Å². The zero-order valence-corrected chi connectivity index (χ0v) is 14.0. The van der Waals surface area contributed by atoms with Crippen LogP contribution in [0, 0.1) is 0 Å². The summed E-state index contributed by atoms with van der Waals surface area (Å²) in [4.78, 5) is 0. The predicted octanol–water partition coefficient (Wildman–Crippen LogP) is 4.48. The Bertz CT molecular complexity index is 182. The Labute approximate surface area is 126 Å². The fourth-order valence-electron chi connectivity index (χ4n) is 0.501.